The molecule has 15 heavy (non-hydrogen) atoms. The fourth-order valence-corrected chi connectivity index (χ4v) is 2.16. The molecule has 1 saturated heterocycles. The molecule has 0 spiro atoms. The third-order valence-corrected chi connectivity index (χ3v) is 3.17. The molecule has 0 unspecified atom stereocenters. The fourth-order valence-electron chi connectivity index (χ4n) is 2.16. The molecule has 1 aromatic rings. The minimum absolute atomic E-state index is 0.477. The second kappa shape index (κ2) is 4.75. The van der Waals surface area contributed by atoms with E-state index >= 15 is 0 Å². The lowest BCUT2D eigenvalue weighted by atomic mass is 9.95. The highest BCUT2D eigenvalue weighted by atomic mass is 15.4. The SMILES string of the molecule is CN(N)[C@@H]1CC[C@@H](c2ccccc2)NC1. The molecule has 82 valence electrons. The van der Waals surface area contributed by atoms with Gasteiger partial charge >= 0.3 is 0 Å². The maximum absolute atomic E-state index is 5.74. The summed E-state index contributed by atoms with van der Waals surface area (Å²) in [4.78, 5) is 0. The summed E-state index contributed by atoms with van der Waals surface area (Å²) in [7, 11) is 1.94. The molecule has 0 aromatic heterocycles. The normalized spacial score (nSPS) is 26.9. The number of hydrogen-bond donors (Lipinski definition) is 2. The predicted molar refractivity (Wildman–Crippen MR) is 62.2 cm³/mol. The van der Waals surface area contributed by atoms with Gasteiger partial charge in [-0.15, -0.1) is 0 Å². The Morgan fingerprint density at radius 1 is 1.27 bits per heavy atom. The Morgan fingerprint density at radius 3 is 2.53 bits per heavy atom. The van der Waals surface area contributed by atoms with Crippen molar-refractivity contribution in [2.75, 3.05) is 13.6 Å². The van der Waals surface area contributed by atoms with Crippen molar-refractivity contribution in [2.45, 2.75) is 24.9 Å². The third kappa shape index (κ3) is 2.56. The molecule has 2 rings (SSSR count). The van der Waals surface area contributed by atoms with Crippen LogP contribution in [0.3, 0.4) is 0 Å². The Kier molecular flexibility index (Phi) is 3.36. The van der Waals surface area contributed by atoms with E-state index in [1.54, 1.807) is 0 Å². The van der Waals surface area contributed by atoms with Gasteiger partial charge in [-0.05, 0) is 18.4 Å². The van der Waals surface area contributed by atoms with Gasteiger partial charge in [-0.25, -0.2) is 5.01 Å². The third-order valence-electron chi connectivity index (χ3n) is 3.17. The number of nitrogens with one attached hydrogen (secondary N) is 1. The van der Waals surface area contributed by atoms with E-state index < -0.39 is 0 Å². The molecule has 0 radical (unpaired) electrons. The molecule has 1 aromatic carbocycles. The first-order valence-corrected chi connectivity index (χ1v) is 5.53. The number of hydrogen-bond acceptors (Lipinski definition) is 3. The summed E-state index contributed by atoms with van der Waals surface area (Å²) in [6.07, 6.45) is 2.33. The topological polar surface area (TPSA) is 41.3 Å². The number of piperidine rings is 1. The zero-order valence-electron chi connectivity index (χ0n) is 9.19. The lowest BCUT2D eigenvalue weighted by Crippen LogP contribution is -2.48. The molecular formula is C12H19N3. The van der Waals surface area contributed by atoms with Crippen LogP contribution in [-0.4, -0.2) is 24.6 Å². The zero-order chi connectivity index (χ0) is 10.7. The van der Waals surface area contributed by atoms with Crippen LogP contribution in [0.15, 0.2) is 30.3 Å². The number of hydrazine groups is 1. The van der Waals surface area contributed by atoms with Gasteiger partial charge in [0.15, 0.2) is 0 Å². The Balaban J connectivity index is 1.94. The van der Waals surface area contributed by atoms with E-state index in [1.807, 2.05) is 12.1 Å². The molecule has 0 bridgehead atoms. The summed E-state index contributed by atoms with van der Waals surface area (Å²) in [5.74, 6) is 5.74. The molecule has 2 atom stereocenters. The predicted octanol–water partition coefficient (Wildman–Crippen LogP) is 1.29. The molecular weight excluding hydrogens is 186 g/mol. The van der Waals surface area contributed by atoms with E-state index in [4.69, 9.17) is 5.84 Å². The largest absolute Gasteiger partial charge is 0.308 e. The highest BCUT2D eigenvalue weighted by molar-refractivity contribution is 5.19. The van der Waals surface area contributed by atoms with Crippen molar-refractivity contribution in [3.05, 3.63) is 35.9 Å². The van der Waals surface area contributed by atoms with Crippen molar-refractivity contribution >= 4 is 0 Å². The van der Waals surface area contributed by atoms with E-state index in [-0.39, 0.29) is 0 Å². The number of rotatable bonds is 2. The first kappa shape index (κ1) is 10.6. The van der Waals surface area contributed by atoms with Crippen LogP contribution in [0, 0.1) is 0 Å². The van der Waals surface area contributed by atoms with Crippen molar-refractivity contribution in [3.8, 4) is 0 Å². The molecule has 3 nitrogen and oxygen atoms in total. The van der Waals surface area contributed by atoms with Gasteiger partial charge in [0.25, 0.3) is 0 Å². The van der Waals surface area contributed by atoms with E-state index in [9.17, 15) is 0 Å². The molecule has 3 N–H and O–H groups in total. The Hall–Kier alpha value is -0.900. The van der Waals surface area contributed by atoms with Gasteiger partial charge in [-0.2, -0.15) is 0 Å². The van der Waals surface area contributed by atoms with Crippen LogP contribution in [0.4, 0.5) is 0 Å². The number of likely N-dealkylation sites (N-methyl/N-ethyl adjacent to an activating group) is 1. The van der Waals surface area contributed by atoms with Crippen LogP contribution >= 0.6 is 0 Å². The van der Waals surface area contributed by atoms with Crippen molar-refractivity contribution < 1.29 is 0 Å². The monoisotopic (exact) mass is 205 g/mol. The molecule has 1 aliphatic heterocycles. The summed E-state index contributed by atoms with van der Waals surface area (Å²) >= 11 is 0. The van der Waals surface area contributed by atoms with Crippen LogP contribution in [0.1, 0.15) is 24.4 Å². The van der Waals surface area contributed by atoms with Crippen LogP contribution in [0.25, 0.3) is 0 Å². The Morgan fingerprint density at radius 2 is 2.00 bits per heavy atom. The van der Waals surface area contributed by atoms with Crippen molar-refractivity contribution in [1.29, 1.82) is 0 Å². The molecule has 1 heterocycles. The number of nitrogens with two attached hydrogens (primary N) is 1. The first-order valence-electron chi connectivity index (χ1n) is 5.53. The first-order chi connectivity index (χ1) is 7.27. The Bertz CT molecular complexity index is 289. The molecule has 0 aliphatic carbocycles. The van der Waals surface area contributed by atoms with Gasteiger partial charge in [0.1, 0.15) is 0 Å². The summed E-state index contributed by atoms with van der Waals surface area (Å²) < 4.78 is 0. The van der Waals surface area contributed by atoms with E-state index in [2.05, 4.69) is 35.6 Å². The van der Waals surface area contributed by atoms with E-state index in [0.29, 0.717) is 12.1 Å². The zero-order valence-corrected chi connectivity index (χ0v) is 9.19. The van der Waals surface area contributed by atoms with Gasteiger partial charge in [-0.3, -0.25) is 5.84 Å². The second-order valence-corrected chi connectivity index (χ2v) is 4.27. The average molecular weight is 205 g/mol. The average Bonchev–Trinajstić information content (AvgIpc) is 2.30. The minimum Gasteiger partial charge on any atom is -0.308 e. The highest BCUT2D eigenvalue weighted by Gasteiger charge is 2.22. The van der Waals surface area contributed by atoms with E-state index in [1.165, 1.54) is 12.0 Å². The summed E-state index contributed by atoms with van der Waals surface area (Å²) in [5.41, 5.74) is 1.38. The van der Waals surface area contributed by atoms with Gasteiger partial charge in [0.05, 0.1) is 0 Å². The number of nitrogens with zero attached hydrogens (tertiary/aromatic N) is 1. The van der Waals surface area contributed by atoms with E-state index in [0.717, 1.165) is 13.0 Å². The van der Waals surface area contributed by atoms with Gasteiger partial charge in [0, 0.05) is 25.7 Å². The van der Waals surface area contributed by atoms with Crippen molar-refractivity contribution in [2.24, 2.45) is 5.84 Å². The second-order valence-electron chi connectivity index (χ2n) is 4.27. The maximum Gasteiger partial charge on any atom is 0.0363 e. The smallest absolute Gasteiger partial charge is 0.0363 e. The maximum atomic E-state index is 5.74. The minimum atomic E-state index is 0.477. The highest BCUT2D eigenvalue weighted by Crippen LogP contribution is 2.23. The van der Waals surface area contributed by atoms with Crippen LogP contribution < -0.4 is 11.2 Å². The van der Waals surface area contributed by atoms with Gasteiger partial charge < -0.3 is 5.32 Å². The van der Waals surface area contributed by atoms with Crippen molar-refractivity contribution in [3.63, 3.8) is 0 Å². The Labute approximate surface area is 91.2 Å². The standard InChI is InChI=1S/C12H19N3/c1-15(13)11-7-8-12(14-9-11)10-5-3-2-4-6-10/h2-6,11-12,14H,7-9,13H2,1H3/t11-,12+/m1/s1. The quantitative estimate of drug-likeness (QED) is 0.564. The molecule has 1 fully saturated rings. The molecule has 0 saturated carbocycles. The lowest BCUT2D eigenvalue weighted by molar-refractivity contribution is 0.187. The molecule has 3 heteroatoms. The van der Waals surface area contributed by atoms with Crippen LogP contribution in [0.5, 0.6) is 0 Å². The van der Waals surface area contributed by atoms with Gasteiger partial charge in [-0.1, -0.05) is 30.3 Å². The van der Waals surface area contributed by atoms with Crippen LogP contribution in [-0.2, 0) is 0 Å². The number of benzene rings is 1. The molecule has 0 amide bonds. The summed E-state index contributed by atoms with van der Waals surface area (Å²) in [6, 6.07) is 11.6. The van der Waals surface area contributed by atoms with Gasteiger partial charge in [0.2, 0.25) is 0 Å². The van der Waals surface area contributed by atoms with Crippen molar-refractivity contribution in [1.82, 2.24) is 10.3 Å². The fraction of sp³-hybridized carbons (Fsp3) is 0.500. The lowest BCUT2D eigenvalue weighted by Gasteiger charge is -2.33. The summed E-state index contributed by atoms with van der Waals surface area (Å²) in [5, 5.41) is 5.36. The van der Waals surface area contributed by atoms with Crippen LogP contribution in [0.2, 0.25) is 0 Å². The molecule has 1 aliphatic rings. The summed E-state index contributed by atoms with van der Waals surface area (Å²) in [6.45, 7) is 0.979.